The normalized spacial score (nSPS) is 19.0. The molecule has 9 heteroatoms. The minimum absolute atomic E-state index is 0.249. The monoisotopic (exact) mass is 507 g/mol. The molecule has 2 aromatic rings. The standard InChI is InChI=1S/C28H34FN5O3/c1-28(2,29)18-33-12-9-19(10-13-33)17-37-25-8-6-20(14-22(25)15-30)21-5-7-23(32-16-21)27(36)34-11-3-4-24(34)26(31)35/h5-8,14,16,19,24H,3-4,9-13,17-18H2,1-2H3,(H2,31,35)/t24-/m0/s1. The van der Waals surface area contributed by atoms with Gasteiger partial charge in [-0.2, -0.15) is 5.26 Å². The Morgan fingerprint density at radius 2 is 1.89 bits per heavy atom. The number of alkyl halides is 1. The van der Waals surface area contributed by atoms with Gasteiger partial charge in [-0.25, -0.2) is 4.39 Å². The van der Waals surface area contributed by atoms with Crippen LogP contribution in [0.15, 0.2) is 36.5 Å². The summed E-state index contributed by atoms with van der Waals surface area (Å²) in [6.45, 7) is 6.34. The van der Waals surface area contributed by atoms with Crippen molar-refractivity contribution in [2.45, 2.75) is 51.2 Å². The average Bonchev–Trinajstić information content (AvgIpc) is 3.37. The minimum Gasteiger partial charge on any atom is -0.492 e. The number of benzene rings is 1. The quantitative estimate of drug-likeness (QED) is 0.585. The fraction of sp³-hybridized carbons (Fsp3) is 0.500. The second-order valence-corrected chi connectivity index (χ2v) is 10.6. The van der Waals surface area contributed by atoms with Gasteiger partial charge in [0.15, 0.2) is 0 Å². The molecule has 3 heterocycles. The first-order chi connectivity index (χ1) is 17.6. The zero-order valence-electron chi connectivity index (χ0n) is 21.5. The molecule has 196 valence electrons. The number of hydrogen-bond acceptors (Lipinski definition) is 6. The van der Waals surface area contributed by atoms with Gasteiger partial charge in [0.25, 0.3) is 5.91 Å². The lowest BCUT2D eigenvalue weighted by Gasteiger charge is -2.34. The molecule has 8 nitrogen and oxygen atoms in total. The highest BCUT2D eigenvalue weighted by Gasteiger charge is 2.33. The van der Waals surface area contributed by atoms with E-state index in [0.29, 0.717) is 43.3 Å². The molecule has 0 saturated carbocycles. The van der Waals surface area contributed by atoms with Gasteiger partial charge in [0.05, 0.1) is 12.2 Å². The van der Waals surface area contributed by atoms with Crippen LogP contribution in [0.3, 0.4) is 0 Å². The van der Waals surface area contributed by atoms with Crippen molar-refractivity contribution >= 4 is 11.8 Å². The van der Waals surface area contributed by atoms with E-state index in [2.05, 4.69) is 16.0 Å². The van der Waals surface area contributed by atoms with E-state index in [1.54, 1.807) is 44.3 Å². The molecule has 0 unspecified atom stereocenters. The number of aromatic nitrogens is 1. The molecule has 0 bridgehead atoms. The number of nitrogens with zero attached hydrogens (tertiary/aromatic N) is 4. The summed E-state index contributed by atoms with van der Waals surface area (Å²) in [6.07, 6.45) is 4.77. The fourth-order valence-electron chi connectivity index (χ4n) is 5.12. The van der Waals surface area contributed by atoms with E-state index < -0.39 is 17.6 Å². The van der Waals surface area contributed by atoms with Crippen molar-refractivity contribution in [3.05, 3.63) is 47.8 Å². The van der Waals surface area contributed by atoms with Crippen LogP contribution in [0.1, 0.15) is 55.6 Å². The smallest absolute Gasteiger partial charge is 0.273 e. The van der Waals surface area contributed by atoms with Crippen molar-refractivity contribution in [3.8, 4) is 22.9 Å². The lowest BCUT2D eigenvalue weighted by molar-refractivity contribution is -0.121. The van der Waals surface area contributed by atoms with Crippen molar-refractivity contribution in [1.29, 1.82) is 5.26 Å². The SMILES string of the molecule is CC(C)(F)CN1CCC(COc2ccc(-c3ccc(C(=O)N4CCC[C@H]4C(N)=O)nc3)cc2C#N)CC1. The van der Waals surface area contributed by atoms with Crippen LogP contribution in [-0.4, -0.2) is 71.1 Å². The molecule has 2 fully saturated rings. The highest BCUT2D eigenvalue weighted by atomic mass is 19.1. The Morgan fingerprint density at radius 1 is 1.16 bits per heavy atom. The van der Waals surface area contributed by atoms with Crippen molar-refractivity contribution in [3.63, 3.8) is 0 Å². The van der Waals surface area contributed by atoms with Crippen molar-refractivity contribution in [2.75, 3.05) is 32.8 Å². The van der Waals surface area contributed by atoms with E-state index in [4.69, 9.17) is 10.5 Å². The first-order valence-corrected chi connectivity index (χ1v) is 12.8. The van der Waals surface area contributed by atoms with Crippen LogP contribution in [0.2, 0.25) is 0 Å². The van der Waals surface area contributed by atoms with E-state index in [0.717, 1.165) is 43.5 Å². The van der Waals surface area contributed by atoms with Crippen molar-refractivity contribution in [2.24, 2.45) is 11.7 Å². The van der Waals surface area contributed by atoms with Crippen LogP contribution in [0, 0.1) is 17.2 Å². The number of pyridine rings is 1. The average molecular weight is 508 g/mol. The zero-order chi connectivity index (χ0) is 26.6. The van der Waals surface area contributed by atoms with Gasteiger partial charge in [-0.3, -0.25) is 14.6 Å². The van der Waals surface area contributed by atoms with Gasteiger partial charge in [-0.05, 0) is 82.3 Å². The summed E-state index contributed by atoms with van der Waals surface area (Å²) in [5.74, 6) is 0.0859. The fourth-order valence-corrected chi connectivity index (χ4v) is 5.12. The number of primary amides is 1. The largest absolute Gasteiger partial charge is 0.492 e. The summed E-state index contributed by atoms with van der Waals surface area (Å²) in [6, 6.07) is 10.4. The summed E-state index contributed by atoms with van der Waals surface area (Å²) in [4.78, 5) is 32.4. The first kappa shape index (κ1) is 26.6. The van der Waals surface area contributed by atoms with Crippen molar-refractivity contribution in [1.82, 2.24) is 14.8 Å². The second-order valence-electron chi connectivity index (χ2n) is 10.6. The number of likely N-dealkylation sites (tertiary alicyclic amines) is 2. The molecule has 2 amide bonds. The number of rotatable bonds is 8. The van der Waals surface area contributed by atoms with Gasteiger partial charge in [-0.15, -0.1) is 0 Å². The molecule has 0 aliphatic carbocycles. The number of nitrogens with two attached hydrogens (primary N) is 1. The molecular weight excluding hydrogens is 473 g/mol. The van der Waals surface area contributed by atoms with Gasteiger partial charge in [0.1, 0.15) is 29.2 Å². The number of hydrogen-bond donors (Lipinski definition) is 1. The number of carbonyl (C=O) groups excluding carboxylic acids is 2. The predicted octanol–water partition coefficient (Wildman–Crippen LogP) is 3.55. The molecule has 1 aromatic carbocycles. The van der Waals surface area contributed by atoms with Crippen LogP contribution >= 0.6 is 0 Å². The Kier molecular flexibility index (Phi) is 8.08. The number of carbonyl (C=O) groups is 2. The molecule has 0 radical (unpaired) electrons. The van der Waals surface area contributed by atoms with Gasteiger partial charge in [0.2, 0.25) is 5.91 Å². The third-order valence-electron chi connectivity index (χ3n) is 7.04. The Bertz CT molecular complexity index is 1160. The molecule has 37 heavy (non-hydrogen) atoms. The Morgan fingerprint density at radius 3 is 2.51 bits per heavy atom. The molecule has 1 atom stereocenters. The van der Waals surface area contributed by atoms with Crippen LogP contribution in [-0.2, 0) is 4.79 Å². The topological polar surface area (TPSA) is 113 Å². The van der Waals surface area contributed by atoms with Gasteiger partial charge in [0, 0.05) is 24.8 Å². The summed E-state index contributed by atoms with van der Waals surface area (Å²) < 4.78 is 19.9. The van der Waals surface area contributed by atoms with E-state index >= 15 is 0 Å². The first-order valence-electron chi connectivity index (χ1n) is 12.8. The maximum absolute atomic E-state index is 13.9. The third-order valence-corrected chi connectivity index (χ3v) is 7.04. The number of amides is 2. The molecule has 0 spiro atoms. The zero-order valence-corrected chi connectivity index (χ0v) is 21.5. The van der Waals surface area contributed by atoms with Gasteiger partial charge < -0.3 is 20.3 Å². The summed E-state index contributed by atoms with van der Waals surface area (Å²) in [5, 5.41) is 9.70. The predicted molar refractivity (Wildman–Crippen MR) is 137 cm³/mol. The summed E-state index contributed by atoms with van der Waals surface area (Å²) in [7, 11) is 0. The molecule has 2 saturated heterocycles. The Balaban J connectivity index is 1.36. The maximum Gasteiger partial charge on any atom is 0.273 e. The second kappa shape index (κ2) is 11.3. The molecule has 2 aliphatic heterocycles. The minimum atomic E-state index is -1.19. The van der Waals surface area contributed by atoms with Crippen LogP contribution < -0.4 is 10.5 Å². The van der Waals surface area contributed by atoms with Crippen LogP contribution in [0.5, 0.6) is 5.75 Å². The maximum atomic E-state index is 13.9. The highest BCUT2D eigenvalue weighted by Crippen LogP contribution is 2.28. The molecular formula is C28H34FN5O3. The molecule has 2 N–H and O–H groups in total. The van der Waals surface area contributed by atoms with Gasteiger partial charge >= 0.3 is 0 Å². The van der Waals surface area contributed by atoms with Gasteiger partial charge in [-0.1, -0.05) is 12.1 Å². The van der Waals surface area contributed by atoms with Crippen molar-refractivity contribution < 1.29 is 18.7 Å². The number of piperidine rings is 1. The number of ether oxygens (including phenoxy) is 1. The lowest BCUT2D eigenvalue weighted by Crippen LogP contribution is -2.43. The molecule has 4 rings (SSSR count). The summed E-state index contributed by atoms with van der Waals surface area (Å²) >= 11 is 0. The van der Waals surface area contributed by atoms with Crippen LogP contribution in [0.25, 0.3) is 11.1 Å². The Hall–Kier alpha value is -3.51. The number of nitriles is 1. The van der Waals surface area contributed by atoms with E-state index in [9.17, 15) is 19.2 Å². The highest BCUT2D eigenvalue weighted by molar-refractivity contribution is 5.96. The molecule has 1 aromatic heterocycles. The number of halogens is 1. The third kappa shape index (κ3) is 6.63. The van der Waals surface area contributed by atoms with E-state index in [1.165, 1.54) is 4.90 Å². The van der Waals surface area contributed by atoms with E-state index in [-0.39, 0.29) is 11.6 Å². The lowest BCUT2D eigenvalue weighted by atomic mass is 9.96. The molecule has 2 aliphatic rings. The van der Waals surface area contributed by atoms with E-state index in [1.807, 2.05) is 6.07 Å². The Labute approximate surface area is 217 Å². The van der Waals surface area contributed by atoms with Crippen LogP contribution in [0.4, 0.5) is 4.39 Å². The summed E-state index contributed by atoms with van der Waals surface area (Å²) in [5.41, 5.74) is 6.46.